The second-order valence-corrected chi connectivity index (χ2v) is 3.62. The van der Waals surface area contributed by atoms with Gasteiger partial charge in [0.25, 0.3) is 0 Å². The van der Waals surface area contributed by atoms with E-state index in [0.29, 0.717) is 6.54 Å². The predicted octanol–water partition coefficient (Wildman–Crippen LogP) is 2.42. The maximum Gasteiger partial charge on any atom is 0.0408 e. The third-order valence-electron chi connectivity index (χ3n) is 2.11. The van der Waals surface area contributed by atoms with Crippen LogP contribution in [0.3, 0.4) is 0 Å². The molecule has 0 aliphatic carbocycles. The zero-order valence-corrected chi connectivity index (χ0v) is 9.74. The lowest BCUT2D eigenvalue weighted by Gasteiger charge is -2.13. The molecule has 0 unspecified atom stereocenters. The highest BCUT2D eigenvalue weighted by atomic mass is 35.5. The fraction of sp³-hybridized carbons (Fsp3) is 0.400. The smallest absolute Gasteiger partial charge is 0.0408 e. The van der Waals surface area contributed by atoms with Gasteiger partial charge < -0.3 is 11.5 Å². The van der Waals surface area contributed by atoms with Gasteiger partial charge in [0.05, 0.1) is 0 Å². The molecule has 1 aromatic rings. The fourth-order valence-corrected chi connectivity index (χ4v) is 1.62. The first kappa shape index (κ1) is 13.7. The van der Waals surface area contributed by atoms with Crippen molar-refractivity contribution in [2.75, 3.05) is 6.54 Å². The molecule has 4 heteroatoms. The van der Waals surface area contributed by atoms with Crippen molar-refractivity contribution in [2.45, 2.75) is 19.4 Å². The van der Waals surface area contributed by atoms with Gasteiger partial charge in [0.2, 0.25) is 0 Å². The molecular weight excluding hydrogens is 219 g/mol. The standard InChI is InChI=1S/C10H15ClN2.ClH/c1-7-6-8(11)2-3-9(7)10(13)4-5-12;/h2-3,6,10H,4-5,12-13H2,1H3;1H/t10-;/m1./s1. The van der Waals surface area contributed by atoms with E-state index in [1.165, 1.54) is 0 Å². The van der Waals surface area contributed by atoms with Gasteiger partial charge in [-0.15, -0.1) is 12.4 Å². The summed E-state index contributed by atoms with van der Waals surface area (Å²) in [6.07, 6.45) is 0.808. The number of hydrogen-bond acceptors (Lipinski definition) is 2. The van der Waals surface area contributed by atoms with Crippen molar-refractivity contribution >= 4 is 24.0 Å². The second-order valence-electron chi connectivity index (χ2n) is 3.18. The van der Waals surface area contributed by atoms with Crippen LogP contribution < -0.4 is 11.5 Å². The molecule has 80 valence electrons. The summed E-state index contributed by atoms with van der Waals surface area (Å²) in [5, 5.41) is 0.751. The summed E-state index contributed by atoms with van der Waals surface area (Å²) >= 11 is 5.83. The summed E-state index contributed by atoms with van der Waals surface area (Å²) in [4.78, 5) is 0. The molecule has 1 atom stereocenters. The Balaban J connectivity index is 0.00000169. The monoisotopic (exact) mass is 234 g/mol. The van der Waals surface area contributed by atoms with Crippen LogP contribution in [0.5, 0.6) is 0 Å². The first-order chi connectivity index (χ1) is 6.15. The van der Waals surface area contributed by atoms with Crippen LogP contribution in [0.4, 0.5) is 0 Å². The second kappa shape index (κ2) is 6.25. The summed E-state index contributed by atoms with van der Waals surface area (Å²) in [7, 11) is 0. The summed E-state index contributed by atoms with van der Waals surface area (Å²) < 4.78 is 0. The zero-order valence-electron chi connectivity index (χ0n) is 8.16. The van der Waals surface area contributed by atoms with Crippen LogP contribution in [-0.2, 0) is 0 Å². The molecule has 0 amide bonds. The van der Waals surface area contributed by atoms with Crippen molar-refractivity contribution in [3.8, 4) is 0 Å². The molecule has 1 rings (SSSR count). The fourth-order valence-electron chi connectivity index (χ4n) is 1.39. The Labute approximate surface area is 96.0 Å². The molecule has 14 heavy (non-hydrogen) atoms. The van der Waals surface area contributed by atoms with Gasteiger partial charge in [-0.2, -0.15) is 0 Å². The van der Waals surface area contributed by atoms with E-state index in [9.17, 15) is 0 Å². The highest BCUT2D eigenvalue weighted by Crippen LogP contribution is 2.21. The average molecular weight is 235 g/mol. The van der Waals surface area contributed by atoms with Gasteiger partial charge in [0, 0.05) is 11.1 Å². The summed E-state index contributed by atoms with van der Waals surface area (Å²) in [5.41, 5.74) is 13.6. The maximum atomic E-state index is 5.93. The quantitative estimate of drug-likeness (QED) is 0.845. The molecule has 4 N–H and O–H groups in total. The molecule has 1 aromatic carbocycles. The van der Waals surface area contributed by atoms with Crippen molar-refractivity contribution < 1.29 is 0 Å². The summed E-state index contributed by atoms with van der Waals surface area (Å²) in [5.74, 6) is 0. The number of nitrogens with two attached hydrogens (primary N) is 2. The van der Waals surface area contributed by atoms with E-state index in [1.807, 2.05) is 25.1 Å². The van der Waals surface area contributed by atoms with Gasteiger partial charge in [0.1, 0.15) is 0 Å². The van der Waals surface area contributed by atoms with Crippen LogP contribution >= 0.6 is 24.0 Å². The van der Waals surface area contributed by atoms with Gasteiger partial charge >= 0.3 is 0 Å². The van der Waals surface area contributed by atoms with Gasteiger partial charge in [-0.05, 0) is 43.1 Å². The highest BCUT2D eigenvalue weighted by Gasteiger charge is 2.07. The van der Waals surface area contributed by atoms with Crippen molar-refractivity contribution in [1.29, 1.82) is 0 Å². The van der Waals surface area contributed by atoms with E-state index in [1.54, 1.807) is 0 Å². The Bertz CT molecular complexity index is 289. The molecule has 0 bridgehead atoms. The lowest BCUT2D eigenvalue weighted by Crippen LogP contribution is -2.16. The van der Waals surface area contributed by atoms with Crippen LogP contribution in [0.1, 0.15) is 23.6 Å². The first-order valence-electron chi connectivity index (χ1n) is 4.37. The van der Waals surface area contributed by atoms with Crippen LogP contribution in [0.2, 0.25) is 5.02 Å². The van der Waals surface area contributed by atoms with E-state index in [-0.39, 0.29) is 18.4 Å². The van der Waals surface area contributed by atoms with Crippen LogP contribution in [0.25, 0.3) is 0 Å². The molecule has 0 aliphatic rings. The third-order valence-corrected chi connectivity index (χ3v) is 2.34. The molecule has 0 aliphatic heterocycles. The van der Waals surface area contributed by atoms with Crippen molar-refractivity contribution in [2.24, 2.45) is 11.5 Å². The predicted molar refractivity (Wildman–Crippen MR) is 64.0 cm³/mol. The van der Waals surface area contributed by atoms with Crippen molar-refractivity contribution in [3.05, 3.63) is 34.3 Å². The number of halogens is 2. The maximum absolute atomic E-state index is 5.93. The molecule has 0 saturated heterocycles. The number of benzene rings is 1. The Morgan fingerprint density at radius 3 is 2.57 bits per heavy atom. The highest BCUT2D eigenvalue weighted by molar-refractivity contribution is 6.30. The minimum atomic E-state index is 0. The SMILES string of the molecule is Cc1cc(Cl)ccc1[C@H](N)CCN.Cl. The molecule has 0 spiro atoms. The molecule has 0 aromatic heterocycles. The van der Waals surface area contributed by atoms with Crippen LogP contribution in [-0.4, -0.2) is 6.54 Å². The Morgan fingerprint density at radius 1 is 1.43 bits per heavy atom. The molecule has 0 radical (unpaired) electrons. The average Bonchev–Trinajstić information content (AvgIpc) is 2.04. The largest absolute Gasteiger partial charge is 0.330 e. The van der Waals surface area contributed by atoms with Gasteiger partial charge in [-0.3, -0.25) is 0 Å². The minimum Gasteiger partial charge on any atom is -0.330 e. The molecular formula is C10H16Cl2N2. The van der Waals surface area contributed by atoms with E-state index in [2.05, 4.69) is 0 Å². The molecule has 0 fully saturated rings. The summed E-state index contributed by atoms with van der Waals surface area (Å²) in [6.45, 7) is 2.63. The Morgan fingerprint density at radius 2 is 2.07 bits per heavy atom. The third kappa shape index (κ3) is 3.46. The van der Waals surface area contributed by atoms with Crippen LogP contribution in [0, 0.1) is 6.92 Å². The first-order valence-corrected chi connectivity index (χ1v) is 4.74. The summed E-state index contributed by atoms with van der Waals surface area (Å²) in [6, 6.07) is 5.79. The normalized spacial score (nSPS) is 12.0. The van der Waals surface area contributed by atoms with Gasteiger partial charge in [-0.1, -0.05) is 17.7 Å². The van der Waals surface area contributed by atoms with Crippen molar-refractivity contribution in [1.82, 2.24) is 0 Å². The Kier molecular flexibility index (Phi) is 6.12. The zero-order chi connectivity index (χ0) is 9.84. The lowest BCUT2D eigenvalue weighted by molar-refractivity contribution is 0.658. The van der Waals surface area contributed by atoms with Gasteiger partial charge in [0.15, 0.2) is 0 Å². The topological polar surface area (TPSA) is 52.0 Å². The van der Waals surface area contributed by atoms with Crippen LogP contribution in [0.15, 0.2) is 18.2 Å². The van der Waals surface area contributed by atoms with Gasteiger partial charge in [-0.25, -0.2) is 0 Å². The molecule has 2 nitrogen and oxygen atoms in total. The molecule has 0 heterocycles. The van der Waals surface area contributed by atoms with E-state index >= 15 is 0 Å². The number of hydrogen-bond donors (Lipinski definition) is 2. The Hall–Kier alpha value is -0.280. The number of aryl methyl sites for hydroxylation is 1. The van der Waals surface area contributed by atoms with Crippen molar-refractivity contribution in [3.63, 3.8) is 0 Å². The lowest BCUT2D eigenvalue weighted by atomic mass is 10.00. The van der Waals surface area contributed by atoms with E-state index in [4.69, 9.17) is 23.1 Å². The minimum absolute atomic E-state index is 0. The number of rotatable bonds is 3. The molecule has 0 saturated carbocycles. The van der Waals surface area contributed by atoms with E-state index < -0.39 is 0 Å². The van der Waals surface area contributed by atoms with E-state index in [0.717, 1.165) is 22.6 Å².